The molecule has 8 heteroatoms. The summed E-state index contributed by atoms with van der Waals surface area (Å²) in [4.78, 5) is 21.1. The topological polar surface area (TPSA) is 73.6 Å². The number of benzene rings is 2. The van der Waals surface area contributed by atoms with Crippen LogP contribution in [-0.4, -0.2) is 15.0 Å². The highest BCUT2D eigenvalue weighted by molar-refractivity contribution is 7.14. The zero-order chi connectivity index (χ0) is 16.7. The molecule has 0 fully saturated rings. The SMILES string of the molecule is O=c1[nH]c2ccc(-c3csc(Nc4ccc(F)cc4F)n3)cc2[nH]1. The predicted octanol–water partition coefficient (Wildman–Crippen LogP) is 4.00. The minimum absolute atomic E-state index is 0.155. The molecule has 3 N–H and O–H groups in total. The largest absolute Gasteiger partial charge is 0.329 e. The highest BCUT2D eigenvalue weighted by atomic mass is 32.1. The molecule has 0 aliphatic rings. The fraction of sp³-hybridized carbons (Fsp3) is 0. The van der Waals surface area contributed by atoms with Crippen molar-refractivity contribution in [3.63, 3.8) is 0 Å². The maximum atomic E-state index is 13.7. The summed E-state index contributed by atoms with van der Waals surface area (Å²) >= 11 is 1.30. The van der Waals surface area contributed by atoms with Gasteiger partial charge in [-0.3, -0.25) is 0 Å². The van der Waals surface area contributed by atoms with E-state index in [1.54, 1.807) is 6.07 Å². The number of fused-ring (bicyclic) bond motifs is 1. The van der Waals surface area contributed by atoms with Crippen molar-refractivity contribution in [2.75, 3.05) is 5.32 Å². The minimum Gasteiger partial charge on any atom is -0.329 e. The van der Waals surface area contributed by atoms with E-state index in [4.69, 9.17) is 0 Å². The number of rotatable bonds is 3. The number of anilines is 2. The predicted molar refractivity (Wildman–Crippen MR) is 89.7 cm³/mol. The van der Waals surface area contributed by atoms with Gasteiger partial charge in [-0.15, -0.1) is 11.3 Å². The van der Waals surface area contributed by atoms with Gasteiger partial charge in [0.05, 0.1) is 22.4 Å². The van der Waals surface area contributed by atoms with E-state index < -0.39 is 11.6 Å². The molecule has 4 rings (SSSR count). The van der Waals surface area contributed by atoms with E-state index >= 15 is 0 Å². The Morgan fingerprint density at radius 2 is 1.88 bits per heavy atom. The maximum absolute atomic E-state index is 13.7. The van der Waals surface area contributed by atoms with Crippen molar-refractivity contribution in [2.45, 2.75) is 0 Å². The van der Waals surface area contributed by atoms with E-state index in [0.29, 0.717) is 21.9 Å². The second-order valence-electron chi connectivity index (χ2n) is 5.13. The van der Waals surface area contributed by atoms with Gasteiger partial charge in [-0.1, -0.05) is 6.07 Å². The van der Waals surface area contributed by atoms with Crippen LogP contribution in [0.1, 0.15) is 0 Å². The highest BCUT2D eigenvalue weighted by Gasteiger charge is 2.09. The Morgan fingerprint density at radius 3 is 2.71 bits per heavy atom. The van der Waals surface area contributed by atoms with E-state index in [0.717, 1.165) is 11.6 Å². The number of nitrogens with one attached hydrogen (secondary N) is 3. The first kappa shape index (κ1) is 14.6. The Bertz CT molecular complexity index is 1100. The summed E-state index contributed by atoms with van der Waals surface area (Å²) < 4.78 is 26.6. The van der Waals surface area contributed by atoms with Gasteiger partial charge in [-0.2, -0.15) is 0 Å². The summed E-state index contributed by atoms with van der Waals surface area (Å²) in [6.07, 6.45) is 0. The number of imidazole rings is 1. The van der Waals surface area contributed by atoms with Gasteiger partial charge in [-0.05, 0) is 24.3 Å². The third-order valence-electron chi connectivity index (χ3n) is 3.49. The van der Waals surface area contributed by atoms with Gasteiger partial charge < -0.3 is 15.3 Å². The summed E-state index contributed by atoms with van der Waals surface area (Å²) in [5.74, 6) is -1.32. The molecule has 24 heavy (non-hydrogen) atoms. The Kier molecular flexibility index (Phi) is 3.39. The lowest BCUT2D eigenvalue weighted by atomic mass is 10.1. The van der Waals surface area contributed by atoms with E-state index in [1.165, 1.54) is 23.5 Å². The standard InChI is InChI=1S/C16H10F2N4OS/c17-9-2-4-11(10(18)6-9)21-16-22-14(7-24-16)8-1-3-12-13(5-8)20-15(23)19-12/h1-7H,(H,21,22)(H2,19,20,23). The molecule has 4 aromatic rings. The van der Waals surface area contributed by atoms with Crippen LogP contribution in [-0.2, 0) is 0 Å². The van der Waals surface area contributed by atoms with Crippen LogP contribution in [0.25, 0.3) is 22.3 Å². The molecule has 2 aromatic heterocycles. The van der Waals surface area contributed by atoms with Gasteiger partial charge in [0, 0.05) is 17.0 Å². The molecule has 0 spiro atoms. The van der Waals surface area contributed by atoms with Crippen LogP contribution in [0, 0.1) is 11.6 Å². The number of H-pyrrole nitrogens is 2. The van der Waals surface area contributed by atoms with E-state index in [-0.39, 0.29) is 11.4 Å². The Hall–Kier alpha value is -3.00. The second-order valence-corrected chi connectivity index (χ2v) is 5.98. The summed E-state index contributed by atoms with van der Waals surface area (Å²) in [5.41, 5.74) is 2.79. The normalized spacial score (nSPS) is 11.1. The number of aromatic nitrogens is 3. The fourth-order valence-electron chi connectivity index (χ4n) is 2.36. The van der Waals surface area contributed by atoms with Crippen molar-refractivity contribution in [3.8, 4) is 11.3 Å². The molecule has 2 aromatic carbocycles. The monoisotopic (exact) mass is 344 g/mol. The zero-order valence-electron chi connectivity index (χ0n) is 12.1. The molecule has 0 aliphatic carbocycles. The molecule has 0 unspecified atom stereocenters. The molecule has 0 aliphatic heterocycles. The number of nitrogens with zero attached hydrogens (tertiary/aromatic N) is 1. The molecule has 0 saturated heterocycles. The molecule has 0 bridgehead atoms. The number of hydrogen-bond acceptors (Lipinski definition) is 4. The van der Waals surface area contributed by atoms with Crippen molar-refractivity contribution in [3.05, 3.63) is 63.9 Å². The van der Waals surface area contributed by atoms with E-state index in [2.05, 4.69) is 20.3 Å². The summed E-state index contributed by atoms with van der Waals surface area (Å²) in [7, 11) is 0. The quantitative estimate of drug-likeness (QED) is 0.526. The maximum Gasteiger partial charge on any atom is 0.323 e. The van der Waals surface area contributed by atoms with Crippen LogP contribution in [0.5, 0.6) is 0 Å². The summed E-state index contributed by atoms with van der Waals surface area (Å²) in [5, 5.41) is 5.13. The minimum atomic E-state index is -0.682. The van der Waals surface area contributed by atoms with Gasteiger partial charge in [-0.25, -0.2) is 18.6 Å². The molecule has 5 nitrogen and oxygen atoms in total. The molecule has 0 radical (unpaired) electrons. The average Bonchev–Trinajstić information content (AvgIpc) is 3.14. The van der Waals surface area contributed by atoms with Crippen molar-refractivity contribution in [1.82, 2.24) is 15.0 Å². The number of hydrogen-bond donors (Lipinski definition) is 3. The van der Waals surface area contributed by atoms with Gasteiger partial charge in [0.1, 0.15) is 11.6 Å². The molecular formula is C16H10F2N4OS. The first-order chi connectivity index (χ1) is 11.6. The first-order valence-corrected chi connectivity index (χ1v) is 7.86. The van der Waals surface area contributed by atoms with Gasteiger partial charge in [0.25, 0.3) is 0 Å². The molecule has 120 valence electrons. The van der Waals surface area contributed by atoms with Crippen LogP contribution < -0.4 is 11.0 Å². The Labute approximate surface area is 138 Å². The van der Waals surface area contributed by atoms with Crippen LogP contribution in [0.15, 0.2) is 46.6 Å². The lowest BCUT2D eigenvalue weighted by molar-refractivity contribution is 0.586. The van der Waals surface area contributed by atoms with Crippen LogP contribution >= 0.6 is 11.3 Å². The van der Waals surface area contributed by atoms with Crippen LogP contribution in [0.4, 0.5) is 19.6 Å². The molecule has 0 saturated carbocycles. The van der Waals surface area contributed by atoms with E-state index in [9.17, 15) is 13.6 Å². The Balaban J connectivity index is 1.64. The molecular weight excluding hydrogens is 334 g/mol. The second kappa shape index (κ2) is 5.57. The first-order valence-electron chi connectivity index (χ1n) is 6.98. The summed E-state index contributed by atoms with van der Waals surface area (Å²) in [6.45, 7) is 0. The Morgan fingerprint density at radius 1 is 1.04 bits per heavy atom. The van der Waals surface area contributed by atoms with Crippen molar-refractivity contribution >= 4 is 33.2 Å². The molecule has 0 atom stereocenters. The smallest absolute Gasteiger partial charge is 0.323 e. The number of aromatic amines is 2. The van der Waals surface area contributed by atoms with Gasteiger partial charge in [0.15, 0.2) is 5.13 Å². The summed E-state index contributed by atoms with van der Waals surface area (Å²) in [6, 6.07) is 8.74. The molecule has 2 heterocycles. The third-order valence-corrected chi connectivity index (χ3v) is 4.25. The van der Waals surface area contributed by atoms with Crippen LogP contribution in [0.2, 0.25) is 0 Å². The fourth-order valence-corrected chi connectivity index (χ4v) is 3.09. The van der Waals surface area contributed by atoms with Crippen molar-refractivity contribution in [1.29, 1.82) is 0 Å². The van der Waals surface area contributed by atoms with Gasteiger partial charge >= 0.3 is 5.69 Å². The number of thiazole rings is 1. The lowest BCUT2D eigenvalue weighted by Gasteiger charge is -2.03. The van der Waals surface area contributed by atoms with Crippen molar-refractivity contribution < 1.29 is 8.78 Å². The molecule has 0 amide bonds. The average molecular weight is 344 g/mol. The van der Waals surface area contributed by atoms with Crippen molar-refractivity contribution in [2.24, 2.45) is 0 Å². The lowest BCUT2D eigenvalue weighted by Crippen LogP contribution is -1.99. The number of halogens is 2. The van der Waals surface area contributed by atoms with Gasteiger partial charge in [0.2, 0.25) is 0 Å². The highest BCUT2D eigenvalue weighted by Crippen LogP contribution is 2.29. The van der Waals surface area contributed by atoms with E-state index in [1.807, 2.05) is 17.5 Å². The van der Waals surface area contributed by atoms with Crippen LogP contribution in [0.3, 0.4) is 0 Å². The zero-order valence-corrected chi connectivity index (χ0v) is 12.9. The third kappa shape index (κ3) is 2.67.